The van der Waals surface area contributed by atoms with Gasteiger partial charge in [0, 0.05) is 12.5 Å². The summed E-state index contributed by atoms with van der Waals surface area (Å²) < 4.78 is 5.34. The molecule has 5 heteroatoms. The normalized spacial score (nSPS) is 62.1. The molecule has 0 amide bonds. The molecule has 5 atom stereocenters. The van der Waals surface area contributed by atoms with Gasteiger partial charge in [-0.3, -0.25) is 4.90 Å². The first-order valence-corrected chi connectivity index (χ1v) is 5.02. The molecule has 1 spiro atoms. The summed E-state index contributed by atoms with van der Waals surface area (Å²) in [6.07, 6.45) is -0.637. The van der Waals surface area contributed by atoms with Crippen molar-refractivity contribution in [1.29, 1.82) is 0 Å². The minimum Gasteiger partial charge on any atom is -0.390 e. The molecular formula is C9H15NO4. The van der Waals surface area contributed by atoms with Gasteiger partial charge in [-0.1, -0.05) is 0 Å². The molecule has 3 N–H and O–H groups in total. The maximum absolute atomic E-state index is 10.0. The van der Waals surface area contributed by atoms with Gasteiger partial charge in [0.2, 0.25) is 5.79 Å². The summed E-state index contributed by atoms with van der Waals surface area (Å²) in [5.41, 5.74) is -0.717. The Morgan fingerprint density at radius 2 is 2.14 bits per heavy atom. The molecule has 2 saturated heterocycles. The predicted molar refractivity (Wildman–Crippen MR) is 46.1 cm³/mol. The molecule has 1 aliphatic carbocycles. The SMILES string of the molecule is CN1CCC2CC(O)C(O)C3(O)O[C@]213. The number of aliphatic hydroxyl groups is 3. The monoisotopic (exact) mass is 201 g/mol. The molecule has 0 aromatic carbocycles. The van der Waals surface area contributed by atoms with E-state index in [1.807, 2.05) is 11.9 Å². The second-order valence-corrected chi connectivity index (χ2v) is 4.65. The fourth-order valence-electron chi connectivity index (χ4n) is 3.19. The van der Waals surface area contributed by atoms with Crippen LogP contribution in [0, 0.1) is 5.92 Å². The van der Waals surface area contributed by atoms with Crippen LogP contribution in [0.15, 0.2) is 0 Å². The highest BCUT2D eigenvalue weighted by molar-refractivity contribution is 5.21. The van der Waals surface area contributed by atoms with Crippen LogP contribution in [0.5, 0.6) is 0 Å². The summed E-state index contributed by atoms with van der Waals surface area (Å²) in [5.74, 6) is -1.41. The second-order valence-electron chi connectivity index (χ2n) is 4.65. The number of hydrogen-bond donors (Lipinski definition) is 3. The Morgan fingerprint density at radius 3 is 2.86 bits per heavy atom. The average Bonchev–Trinajstić information content (AvgIpc) is 2.69. The summed E-state index contributed by atoms with van der Waals surface area (Å²) in [6.45, 7) is 0.840. The third-order valence-corrected chi connectivity index (χ3v) is 4.01. The molecule has 5 nitrogen and oxygen atoms in total. The Labute approximate surface area is 81.9 Å². The quantitative estimate of drug-likeness (QED) is 0.415. The zero-order valence-electron chi connectivity index (χ0n) is 8.05. The number of rotatable bonds is 0. The van der Waals surface area contributed by atoms with Gasteiger partial charge in [-0.15, -0.1) is 0 Å². The van der Waals surface area contributed by atoms with Crippen molar-refractivity contribution >= 4 is 0 Å². The third-order valence-electron chi connectivity index (χ3n) is 4.01. The Kier molecular flexibility index (Phi) is 1.49. The Morgan fingerprint density at radius 1 is 1.43 bits per heavy atom. The summed E-state index contributed by atoms with van der Waals surface area (Å²) in [6, 6.07) is 0. The molecule has 14 heavy (non-hydrogen) atoms. The van der Waals surface area contributed by atoms with E-state index in [0.29, 0.717) is 6.42 Å². The van der Waals surface area contributed by atoms with Gasteiger partial charge < -0.3 is 20.1 Å². The average molecular weight is 201 g/mol. The maximum Gasteiger partial charge on any atom is 0.241 e. The Bertz CT molecular complexity index is 286. The first-order valence-electron chi connectivity index (χ1n) is 5.02. The van der Waals surface area contributed by atoms with Crippen molar-refractivity contribution in [2.45, 2.75) is 36.6 Å². The number of ether oxygens (including phenoxy) is 1. The van der Waals surface area contributed by atoms with E-state index in [4.69, 9.17) is 4.74 Å². The summed E-state index contributed by atoms with van der Waals surface area (Å²) in [5, 5.41) is 29.3. The van der Waals surface area contributed by atoms with Crippen molar-refractivity contribution in [2.24, 2.45) is 5.92 Å². The molecule has 3 aliphatic rings. The maximum atomic E-state index is 10.0. The van der Waals surface area contributed by atoms with E-state index in [-0.39, 0.29) is 5.92 Å². The summed E-state index contributed by atoms with van der Waals surface area (Å²) >= 11 is 0. The summed E-state index contributed by atoms with van der Waals surface area (Å²) in [7, 11) is 1.88. The van der Waals surface area contributed by atoms with E-state index < -0.39 is 23.7 Å². The molecule has 2 heterocycles. The molecule has 80 valence electrons. The van der Waals surface area contributed by atoms with E-state index in [1.165, 1.54) is 0 Å². The van der Waals surface area contributed by atoms with Crippen molar-refractivity contribution < 1.29 is 20.1 Å². The molecule has 2 aliphatic heterocycles. The molecule has 0 bridgehead atoms. The van der Waals surface area contributed by atoms with Crippen LogP contribution in [0.25, 0.3) is 0 Å². The number of nitrogens with zero attached hydrogens (tertiary/aromatic N) is 1. The number of likely N-dealkylation sites (tertiary alicyclic amines) is 1. The van der Waals surface area contributed by atoms with Crippen LogP contribution >= 0.6 is 0 Å². The largest absolute Gasteiger partial charge is 0.390 e. The predicted octanol–water partition coefficient (Wildman–Crippen LogP) is -1.52. The van der Waals surface area contributed by atoms with E-state index in [1.54, 1.807) is 0 Å². The molecule has 3 rings (SSSR count). The lowest BCUT2D eigenvalue weighted by atomic mass is 9.79. The molecule has 4 unspecified atom stereocenters. The molecule has 0 radical (unpaired) electrons. The van der Waals surface area contributed by atoms with Gasteiger partial charge in [0.1, 0.15) is 6.10 Å². The minimum absolute atomic E-state index is 0.135. The molecule has 1 saturated carbocycles. The molecule has 0 aromatic rings. The molecule has 3 fully saturated rings. The van der Waals surface area contributed by atoms with Crippen LogP contribution in [0.2, 0.25) is 0 Å². The van der Waals surface area contributed by atoms with Crippen LogP contribution in [0.4, 0.5) is 0 Å². The van der Waals surface area contributed by atoms with Crippen molar-refractivity contribution in [1.82, 2.24) is 4.90 Å². The van der Waals surface area contributed by atoms with E-state index >= 15 is 0 Å². The highest BCUT2D eigenvalue weighted by Gasteiger charge is 2.83. The van der Waals surface area contributed by atoms with Crippen molar-refractivity contribution in [3.8, 4) is 0 Å². The Balaban J connectivity index is 1.99. The highest BCUT2D eigenvalue weighted by atomic mass is 16.8. The topological polar surface area (TPSA) is 76.5 Å². The van der Waals surface area contributed by atoms with Crippen LogP contribution in [0.1, 0.15) is 12.8 Å². The van der Waals surface area contributed by atoms with Gasteiger partial charge in [-0.05, 0) is 19.9 Å². The zero-order valence-corrected chi connectivity index (χ0v) is 8.05. The first-order chi connectivity index (χ1) is 6.52. The lowest BCUT2D eigenvalue weighted by Gasteiger charge is -2.34. The van der Waals surface area contributed by atoms with Crippen molar-refractivity contribution in [3.05, 3.63) is 0 Å². The summed E-state index contributed by atoms with van der Waals surface area (Å²) in [4.78, 5) is 1.94. The van der Waals surface area contributed by atoms with Gasteiger partial charge >= 0.3 is 0 Å². The van der Waals surface area contributed by atoms with Crippen LogP contribution in [-0.2, 0) is 4.74 Å². The first kappa shape index (κ1) is 9.06. The number of hydrogen-bond acceptors (Lipinski definition) is 5. The number of epoxide rings is 1. The van der Waals surface area contributed by atoms with Gasteiger partial charge in [0.05, 0.1) is 6.10 Å². The van der Waals surface area contributed by atoms with E-state index in [9.17, 15) is 15.3 Å². The van der Waals surface area contributed by atoms with Crippen molar-refractivity contribution in [3.63, 3.8) is 0 Å². The fourth-order valence-corrected chi connectivity index (χ4v) is 3.19. The Hall–Kier alpha value is -0.200. The van der Waals surface area contributed by atoms with Crippen molar-refractivity contribution in [2.75, 3.05) is 13.6 Å². The zero-order chi connectivity index (χ0) is 10.1. The van der Waals surface area contributed by atoms with Gasteiger partial charge in [0.25, 0.3) is 0 Å². The highest BCUT2D eigenvalue weighted by Crippen LogP contribution is 2.63. The van der Waals surface area contributed by atoms with Crippen LogP contribution in [-0.4, -0.2) is 57.5 Å². The number of likely N-dealkylation sites (N-methyl/N-ethyl adjacent to an activating group) is 1. The molecule has 0 aromatic heterocycles. The third kappa shape index (κ3) is 0.717. The lowest BCUT2D eigenvalue weighted by Crippen LogP contribution is -2.55. The number of aliphatic hydroxyl groups excluding tert-OH is 2. The van der Waals surface area contributed by atoms with Crippen LogP contribution < -0.4 is 0 Å². The standard InChI is InChI=1S/C9H15NO4/c1-10-3-2-5-4-6(11)7(12)9(13)8(5,10)14-9/h5-7,11-13H,2-4H2,1H3/t5?,6?,7?,8-,9?/m0/s1. The van der Waals surface area contributed by atoms with E-state index in [2.05, 4.69) is 0 Å². The van der Waals surface area contributed by atoms with Gasteiger partial charge in [-0.25, -0.2) is 0 Å². The lowest BCUT2D eigenvalue weighted by molar-refractivity contribution is -0.141. The van der Waals surface area contributed by atoms with Gasteiger partial charge in [0.15, 0.2) is 5.72 Å². The minimum atomic E-state index is -1.54. The molecular weight excluding hydrogens is 186 g/mol. The second kappa shape index (κ2) is 2.31. The fraction of sp³-hybridized carbons (Fsp3) is 1.00. The van der Waals surface area contributed by atoms with E-state index in [0.717, 1.165) is 13.0 Å². The smallest absolute Gasteiger partial charge is 0.241 e. The van der Waals surface area contributed by atoms with Crippen LogP contribution in [0.3, 0.4) is 0 Å². The van der Waals surface area contributed by atoms with Gasteiger partial charge in [-0.2, -0.15) is 0 Å².